The fraction of sp³-hybridized carbons (Fsp3) is 0.0833. The molecule has 0 atom stereocenters. The Kier molecular flexibility index (Phi) is 3.26. The van der Waals surface area contributed by atoms with Crippen molar-refractivity contribution in [2.24, 2.45) is 0 Å². The molecule has 84 valence electrons. The summed E-state index contributed by atoms with van der Waals surface area (Å²) in [6, 6.07) is 4.40. The van der Waals surface area contributed by atoms with Gasteiger partial charge in [0.2, 0.25) is 0 Å². The second-order valence-corrected chi connectivity index (χ2v) is 3.33. The lowest BCUT2D eigenvalue weighted by molar-refractivity contribution is 0.613. The zero-order valence-corrected chi connectivity index (χ0v) is 8.89. The third-order valence-corrected chi connectivity index (χ3v) is 2.19. The van der Waals surface area contributed by atoms with Crippen LogP contribution in [0.3, 0.4) is 0 Å². The van der Waals surface area contributed by atoms with Gasteiger partial charge >= 0.3 is 0 Å². The topological polar surface area (TPSA) is 42.2 Å². The van der Waals surface area contributed by atoms with E-state index in [1.54, 1.807) is 30.7 Å². The maximum absolute atomic E-state index is 13.5. The molecule has 0 amide bonds. The Balaban J connectivity index is 2.08. The number of anilines is 1. The lowest BCUT2D eigenvalue weighted by Gasteiger charge is -2.06. The van der Waals surface area contributed by atoms with E-state index in [4.69, 9.17) is 6.57 Å². The molecule has 0 saturated heterocycles. The molecule has 1 aromatic heterocycles. The number of benzene rings is 1. The van der Waals surface area contributed by atoms with Gasteiger partial charge in [0.15, 0.2) is 5.69 Å². The van der Waals surface area contributed by atoms with Crippen LogP contribution < -0.4 is 5.32 Å². The van der Waals surface area contributed by atoms with Gasteiger partial charge in [0.25, 0.3) is 0 Å². The minimum absolute atomic E-state index is 0.297. The molecule has 2 rings (SSSR count). The Morgan fingerprint density at radius 1 is 1.35 bits per heavy atom. The Hall–Kier alpha value is -2.48. The molecule has 1 heterocycles. The predicted octanol–water partition coefficient (Wildman–Crippen LogP) is 2.78. The fourth-order valence-corrected chi connectivity index (χ4v) is 1.33. The van der Waals surface area contributed by atoms with Crippen LogP contribution in [0.4, 0.5) is 15.9 Å². The van der Waals surface area contributed by atoms with Crippen LogP contribution in [0, 0.1) is 12.4 Å². The number of hydrogen-bond donors (Lipinski definition) is 1. The number of nitrogens with one attached hydrogen (secondary N) is 1. The lowest BCUT2D eigenvalue weighted by atomic mass is 10.2. The van der Waals surface area contributed by atoms with Gasteiger partial charge in [-0.3, -0.25) is 4.98 Å². The molecule has 0 bridgehead atoms. The average molecular weight is 228 g/mol. The second kappa shape index (κ2) is 5.03. The minimum atomic E-state index is -0.394. The molecule has 17 heavy (non-hydrogen) atoms. The molecule has 0 saturated carbocycles. The zero-order chi connectivity index (χ0) is 12.1. The lowest BCUT2D eigenvalue weighted by Crippen LogP contribution is -2.03. The third-order valence-electron chi connectivity index (χ3n) is 2.19. The van der Waals surface area contributed by atoms with E-state index in [1.807, 2.05) is 0 Å². The van der Waals surface area contributed by atoms with Crippen LogP contribution in [0.1, 0.15) is 5.56 Å². The van der Waals surface area contributed by atoms with E-state index >= 15 is 0 Å². The highest BCUT2D eigenvalue weighted by molar-refractivity contribution is 5.46. The predicted molar refractivity (Wildman–Crippen MR) is 62.0 cm³/mol. The summed E-state index contributed by atoms with van der Waals surface area (Å²) < 4.78 is 13.5. The van der Waals surface area contributed by atoms with E-state index in [-0.39, 0.29) is 0 Å². The summed E-state index contributed by atoms with van der Waals surface area (Å²) in [7, 11) is 0. The highest BCUT2D eigenvalue weighted by atomic mass is 19.1. The van der Waals surface area contributed by atoms with Crippen LogP contribution in [0.15, 0.2) is 36.8 Å². The van der Waals surface area contributed by atoms with E-state index in [2.05, 4.69) is 20.1 Å². The van der Waals surface area contributed by atoms with E-state index < -0.39 is 5.82 Å². The van der Waals surface area contributed by atoms with Crippen molar-refractivity contribution in [1.82, 2.24) is 9.97 Å². The van der Waals surface area contributed by atoms with Crippen LogP contribution in [0.25, 0.3) is 4.85 Å². The number of nitrogens with zero attached hydrogens (tertiary/aromatic N) is 3. The van der Waals surface area contributed by atoms with E-state index in [0.29, 0.717) is 23.6 Å². The first kappa shape index (κ1) is 11.0. The normalized spacial score (nSPS) is 9.65. The molecule has 0 fully saturated rings. The van der Waals surface area contributed by atoms with Gasteiger partial charge < -0.3 is 5.32 Å². The van der Waals surface area contributed by atoms with Gasteiger partial charge in [0, 0.05) is 24.5 Å². The molecule has 2 aromatic rings. The molecule has 0 aliphatic heterocycles. The van der Waals surface area contributed by atoms with Crippen LogP contribution in [0.5, 0.6) is 0 Å². The van der Waals surface area contributed by atoms with Gasteiger partial charge in [-0.05, 0) is 6.07 Å². The van der Waals surface area contributed by atoms with Crippen molar-refractivity contribution in [2.45, 2.75) is 6.54 Å². The summed E-state index contributed by atoms with van der Waals surface area (Å²) in [5.41, 5.74) is 0.786. The van der Waals surface area contributed by atoms with Gasteiger partial charge in [0.1, 0.15) is 11.6 Å². The second-order valence-electron chi connectivity index (χ2n) is 3.33. The molecule has 1 aromatic carbocycles. The van der Waals surface area contributed by atoms with Crippen LogP contribution >= 0.6 is 0 Å². The molecule has 1 N–H and O–H groups in total. The smallest absolute Gasteiger partial charge is 0.190 e. The van der Waals surface area contributed by atoms with Gasteiger partial charge in [0.05, 0.1) is 12.8 Å². The van der Waals surface area contributed by atoms with Crippen molar-refractivity contribution in [3.63, 3.8) is 0 Å². The number of hydrogen-bond acceptors (Lipinski definition) is 3. The summed E-state index contributed by atoms with van der Waals surface area (Å²) in [5, 5.41) is 2.95. The third kappa shape index (κ3) is 2.75. The number of aromatic nitrogens is 2. The van der Waals surface area contributed by atoms with E-state index in [0.717, 1.165) is 0 Å². The van der Waals surface area contributed by atoms with Crippen LogP contribution in [-0.4, -0.2) is 9.97 Å². The molecular formula is C12H9FN4. The SMILES string of the molecule is [C-]#[N+]c1ccc(CNc2cnccn2)c(F)c1. The summed E-state index contributed by atoms with van der Waals surface area (Å²) in [5.74, 6) is 0.191. The Morgan fingerprint density at radius 2 is 2.24 bits per heavy atom. The fourth-order valence-electron chi connectivity index (χ4n) is 1.33. The molecule has 0 radical (unpaired) electrons. The standard InChI is InChI=1S/C12H9FN4/c1-14-10-3-2-9(11(13)6-10)7-17-12-8-15-4-5-16-12/h2-6,8H,7H2,(H,16,17). The molecular weight excluding hydrogens is 219 g/mol. The first-order valence-corrected chi connectivity index (χ1v) is 4.95. The summed E-state index contributed by atoms with van der Waals surface area (Å²) >= 11 is 0. The maximum atomic E-state index is 13.5. The monoisotopic (exact) mass is 228 g/mol. The average Bonchev–Trinajstić information content (AvgIpc) is 2.38. The van der Waals surface area contributed by atoms with Gasteiger partial charge in [-0.25, -0.2) is 14.2 Å². The zero-order valence-electron chi connectivity index (χ0n) is 8.89. The first-order valence-electron chi connectivity index (χ1n) is 4.95. The van der Waals surface area contributed by atoms with Gasteiger partial charge in [-0.2, -0.15) is 0 Å². The Morgan fingerprint density at radius 3 is 2.88 bits per heavy atom. The van der Waals surface area contributed by atoms with E-state index in [9.17, 15) is 4.39 Å². The van der Waals surface area contributed by atoms with Crippen molar-refractivity contribution < 1.29 is 4.39 Å². The minimum Gasteiger partial charge on any atom is -0.365 e. The highest BCUT2D eigenvalue weighted by Gasteiger charge is 2.03. The maximum Gasteiger partial charge on any atom is 0.190 e. The molecule has 0 aliphatic carbocycles. The number of rotatable bonds is 3. The summed E-state index contributed by atoms with van der Waals surface area (Å²) in [4.78, 5) is 11.1. The summed E-state index contributed by atoms with van der Waals surface area (Å²) in [6.45, 7) is 7.08. The summed E-state index contributed by atoms with van der Waals surface area (Å²) in [6.07, 6.45) is 4.68. The van der Waals surface area contributed by atoms with Crippen LogP contribution in [0.2, 0.25) is 0 Å². The number of halogens is 1. The highest BCUT2D eigenvalue weighted by Crippen LogP contribution is 2.17. The Labute approximate surface area is 98.0 Å². The Bertz CT molecular complexity index is 548. The quantitative estimate of drug-likeness (QED) is 0.821. The molecule has 0 spiro atoms. The molecule has 5 heteroatoms. The van der Waals surface area contributed by atoms with Crippen molar-refractivity contribution in [1.29, 1.82) is 0 Å². The van der Waals surface area contributed by atoms with Crippen molar-refractivity contribution in [2.75, 3.05) is 5.32 Å². The molecule has 0 unspecified atom stereocenters. The van der Waals surface area contributed by atoms with Gasteiger partial charge in [-0.15, -0.1) is 0 Å². The van der Waals surface area contributed by atoms with Crippen molar-refractivity contribution in [3.8, 4) is 0 Å². The largest absolute Gasteiger partial charge is 0.365 e. The molecule has 4 nitrogen and oxygen atoms in total. The molecule has 0 aliphatic rings. The van der Waals surface area contributed by atoms with E-state index in [1.165, 1.54) is 6.07 Å². The van der Waals surface area contributed by atoms with Crippen molar-refractivity contribution >= 4 is 11.5 Å². The van der Waals surface area contributed by atoms with Crippen LogP contribution in [-0.2, 0) is 6.54 Å². The van der Waals surface area contributed by atoms with Gasteiger partial charge in [-0.1, -0.05) is 12.1 Å². The van der Waals surface area contributed by atoms with Crippen molar-refractivity contribution in [3.05, 3.63) is 59.6 Å². The first-order chi connectivity index (χ1) is 8.29.